The SMILES string of the molecule is CCCCCOc1ccc(/C=N\Nc2cc(C)nc(-n3nc(C)cc3C)n2)cc1. The second-order valence-corrected chi connectivity index (χ2v) is 7.03. The highest BCUT2D eigenvalue weighted by atomic mass is 16.5. The van der Waals surface area contributed by atoms with Crippen molar-refractivity contribution in [1.82, 2.24) is 19.7 Å². The minimum atomic E-state index is 0.526. The van der Waals surface area contributed by atoms with Gasteiger partial charge in [-0.05, 0) is 63.1 Å². The van der Waals surface area contributed by atoms with Crippen LogP contribution in [0.1, 0.15) is 48.8 Å². The third-order valence-corrected chi connectivity index (χ3v) is 4.33. The number of hydrogen-bond acceptors (Lipinski definition) is 6. The molecule has 152 valence electrons. The number of unbranched alkanes of at least 4 members (excludes halogenated alkanes) is 2. The molecule has 0 fully saturated rings. The van der Waals surface area contributed by atoms with Crippen molar-refractivity contribution >= 4 is 12.0 Å². The quantitative estimate of drug-likeness (QED) is 0.327. The third-order valence-electron chi connectivity index (χ3n) is 4.33. The zero-order valence-corrected chi connectivity index (χ0v) is 17.5. The van der Waals surface area contributed by atoms with Crippen LogP contribution >= 0.6 is 0 Å². The molecule has 29 heavy (non-hydrogen) atoms. The van der Waals surface area contributed by atoms with Gasteiger partial charge in [-0.2, -0.15) is 15.2 Å². The van der Waals surface area contributed by atoms with Gasteiger partial charge in [-0.15, -0.1) is 0 Å². The zero-order chi connectivity index (χ0) is 20.6. The van der Waals surface area contributed by atoms with Crippen LogP contribution in [0.5, 0.6) is 5.75 Å². The molecule has 1 N–H and O–H groups in total. The van der Waals surface area contributed by atoms with Gasteiger partial charge in [-0.1, -0.05) is 19.8 Å². The highest BCUT2D eigenvalue weighted by Gasteiger charge is 2.08. The summed E-state index contributed by atoms with van der Waals surface area (Å²) in [5.74, 6) is 2.03. The van der Waals surface area contributed by atoms with E-state index in [9.17, 15) is 0 Å². The normalized spacial score (nSPS) is 11.2. The van der Waals surface area contributed by atoms with Gasteiger partial charge in [-0.3, -0.25) is 5.43 Å². The molecule has 0 saturated heterocycles. The van der Waals surface area contributed by atoms with Crippen molar-refractivity contribution in [1.29, 1.82) is 0 Å². The first-order valence-corrected chi connectivity index (χ1v) is 9.96. The first kappa shape index (κ1) is 20.5. The first-order valence-electron chi connectivity index (χ1n) is 9.96. The van der Waals surface area contributed by atoms with E-state index in [0.717, 1.165) is 41.4 Å². The molecule has 3 aromatic rings. The van der Waals surface area contributed by atoms with Gasteiger partial charge < -0.3 is 4.74 Å². The van der Waals surface area contributed by atoms with Gasteiger partial charge in [-0.25, -0.2) is 9.67 Å². The van der Waals surface area contributed by atoms with Crippen molar-refractivity contribution in [2.75, 3.05) is 12.0 Å². The van der Waals surface area contributed by atoms with Gasteiger partial charge >= 0.3 is 0 Å². The molecule has 2 heterocycles. The largest absolute Gasteiger partial charge is 0.494 e. The van der Waals surface area contributed by atoms with Crippen LogP contribution < -0.4 is 10.2 Å². The Bertz CT molecular complexity index is 962. The van der Waals surface area contributed by atoms with Gasteiger partial charge in [0.25, 0.3) is 5.95 Å². The summed E-state index contributed by atoms with van der Waals surface area (Å²) in [6.07, 6.45) is 5.23. The summed E-state index contributed by atoms with van der Waals surface area (Å²) >= 11 is 0. The zero-order valence-electron chi connectivity index (χ0n) is 17.5. The molecule has 2 aromatic heterocycles. The smallest absolute Gasteiger partial charge is 0.253 e. The standard InChI is InChI=1S/C22H28N6O/c1-5-6-7-12-29-20-10-8-19(9-11-20)15-23-26-21-14-16(2)24-22(25-21)28-18(4)13-17(3)27-28/h8-11,13-15H,5-7,12H2,1-4H3,(H,24,25,26)/b23-15-. The van der Waals surface area contributed by atoms with Crippen molar-refractivity contribution in [3.63, 3.8) is 0 Å². The van der Waals surface area contributed by atoms with Crippen LogP contribution in [0.2, 0.25) is 0 Å². The van der Waals surface area contributed by atoms with E-state index in [1.807, 2.05) is 57.2 Å². The number of aryl methyl sites for hydroxylation is 3. The fraction of sp³-hybridized carbons (Fsp3) is 0.364. The van der Waals surface area contributed by atoms with Gasteiger partial charge in [0.2, 0.25) is 0 Å². The van der Waals surface area contributed by atoms with Crippen molar-refractivity contribution < 1.29 is 4.74 Å². The Balaban J connectivity index is 1.62. The number of aromatic nitrogens is 4. The van der Waals surface area contributed by atoms with Crippen LogP contribution in [0.4, 0.5) is 5.82 Å². The van der Waals surface area contributed by atoms with Crippen molar-refractivity contribution in [3.05, 3.63) is 59.0 Å². The summed E-state index contributed by atoms with van der Waals surface area (Å²) in [7, 11) is 0. The second-order valence-electron chi connectivity index (χ2n) is 7.03. The summed E-state index contributed by atoms with van der Waals surface area (Å²) in [6.45, 7) is 8.79. The van der Waals surface area contributed by atoms with E-state index >= 15 is 0 Å². The van der Waals surface area contributed by atoms with E-state index in [2.05, 4.69) is 32.5 Å². The topological polar surface area (TPSA) is 77.2 Å². The lowest BCUT2D eigenvalue weighted by Gasteiger charge is -2.07. The second kappa shape index (κ2) is 9.82. The maximum atomic E-state index is 5.73. The van der Waals surface area contributed by atoms with Crippen LogP contribution in [0, 0.1) is 20.8 Å². The average molecular weight is 393 g/mol. The molecule has 1 aromatic carbocycles. The molecule has 0 aliphatic rings. The molecule has 0 amide bonds. The Labute approximate surface area is 171 Å². The molecule has 0 aliphatic carbocycles. The Hall–Kier alpha value is -3.22. The van der Waals surface area contributed by atoms with E-state index in [-0.39, 0.29) is 0 Å². The molecule has 7 heteroatoms. The fourth-order valence-electron chi connectivity index (χ4n) is 2.90. The highest BCUT2D eigenvalue weighted by Crippen LogP contribution is 2.14. The van der Waals surface area contributed by atoms with Crippen molar-refractivity contribution in [2.45, 2.75) is 47.0 Å². The molecule has 0 spiro atoms. The molecule has 0 aliphatic heterocycles. The average Bonchev–Trinajstić information content (AvgIpc) is 3.04. The van der Waals surface area contributed by atoms with E-state index in [1.165, 1.54) is 12.8 Å². The third kappa shape index (κ3) is 5.88. The number of nitrogens with zero attached hydrogens (tertiary/aromatic N) is 5. The molecule has 0 saturated carbocycles. The number of benzene rings is 1. The van der Waals surface area contributed by atoms with Crippen LogP contribution in [0.25, 0.3) is 5.95 Å². The summed E-state index contributed by atoms with van der Waals surface area (Å²) in [5.41, 5.74) is 6.71. The first-order chi connectivity index (χ1) is 14.0. The number of nitrogens with one attached hydrogen (secondary N) is 1. The number of hydrazone groups is 1. The molecule has 0 atom stereocenters. The maximum Gasteiger partial charge on any atom is 0.253 e. The van der Waals surface area contributed by atoms with E-state index in [4.69, 9.17) is 4.74 Å². The predicted molar refractivity (Wildman–Crippen MR) is 116 cm³/mol. The Morgan fingerprint density at radius 2 is 1.83 bits per heavy atom. The molecular weight excluding hydrogens is 364 g/mol. The number of hydrogen-bond donors (Lipinski definition) is 1. The Morgan fingerprint density at radius 3 is 2.52 bits per heavy atom. The van der Waals surface area contributed by atoms with Crippen LogP contribution in [0.15, 0.2) is 41.5 Å². The lowest BCUT2D eigenvalue weighted by atomic mass is 10.2. The lowest BCUT2D eigenvalue weighted by molar-refractivity contribution is 0.306. The number of rotatable bonds is 9. The van der Waals surface area contributed by atoms with Gasteiger partial charge in [0.1, 0.15) is 5.75 Å². The van der Waals surface area contributed by atoms with Gasteiger partial charge in [0.05, 0.1) is 18.5 Å². The van der Waals surface area contributed by atoms with E-state index in [1.54, 1.807) is 10.9 Å². The molecular formula is C22H28N6O. The number of anilines is 1. The molecule has 3 rings (SSSR count). The summed E-state index contributed by atoms with van der Waals surface area (Å²) in [5, 5.41) is 8.74. The monoisotopic (exact) mass is 392 g/mol. The summed E-state index contributed by atoms with van der Waals surface area (Å²) < 4.78 is 7.46. The molecule has 0 bridgehead atoms. The van der Waals surface area contributed by atoms with E-state index in [0.29, 0.717) is 11.8 Å². The van der Waals surface area contributed by atoms with Crippen molar-refractivity contribution in [2.24, 2.45) is 5.10 Å². The highest BCUT2D eigenvalue weighted by molar-refractivity contribution is 5.80. The van der Waals surface area contributed by atoms with E-state index < -0.39 is 0 Å². The van der Waals surface area contributed by atoms with Gasteiger partial charge in [0, 0.05) is 17.5 Å². The molecule has 0 unspecified atom stereocenters. The summed E-state index contributed by atoms with van der Waals surface area (Å²) in [6, 6.07) is 11.7. The fourth-order valence-corrected chi connectivity index (χ4v) is 2.90. The molecule has 7 nitrogen and oxygen atoms in total. The maximum absolute atomic E-state index is 5.73. The minimum Gasteiger partial charge on any atom is -0.494 e. The minimum absolute atomic E-state index is 0.526. The van der Waals surface area contributed by atoms with Crippen LogP contribution in [0.3, 0.4) is 0 Å². The predicted octanol–water partition coefficient (Wildman–Crippen LogP) is 4.60. The van der Waals surface area contributed by atoms with Crippen LogP contribution in [-0.2, 0) is 0 Å². The van der Waals surface area contributed by atoms with Crippen molar-refractivity contribution in [3.8, 4) is 11.7 Å². The number of ether oxygens (including phenoxy) is 1. The van der Waals surface area contributed by atoms with Gasteiger partial charge in [0.15, 0.2) is 5.82 Å². The lowest BCUT2D eigenvalue weighted by Crippen LogP contribution is -2.08. The molecule has 0 radical (unpaired) electrons. The van der Waals surface area contributed by atoms with Crippen LogP contribution in [-0.4, -0.2) is 32.6 Å². The Kier molecular flexibility index (Phi) is 6.94. The Morgan fingerprint density at radius 1 is 1.03 bits per heavy atom. The summed E-state index contributed by atoms with van der Waals surface area (Å²) in [4.78, 5) is 8.99.